The van der Waals surface area contributed by atoms with Crippen LogP contribution in [0.2, 0.25) is 0 Å². The molecule has 0 spiro atoms. The van der Waals surface area contributed by atoms with Gasteiger partial charge in [0, 0.05) is 31.7 Å². The largest absolute Gasteiger partial charge is 0.310 e. The van der Waals surface area contributed by atoms with Crippen LogP contribution in [0.1, 0.15) is 56.9 Å². The molecule has 0 heterocycles. The number of rotatable bonds is 7. The Kier molecular flexibility index (Phi) is 6.49. The number of benzene rings is 1. The molecule has 0 aromatic heterocycles. The monoisotopic (exact) mass is 365 g/mol. The molecule has 2 aliphatic rings. The van der Waals surface area contributed by atoms with Crippen molar-refractivity contribution in [2.24, 2.45) is 0 Å². The summed E-state index contributed by atoms with van der Waals surface area (Å²) in [7, 11) is -1.82. The van der Waals surface area contributed by atoms with Crippen molar-refractivity contribution in [1.82, 2.24) is 14.3 Å². The molecule has 0 amide bonds. The fourth-order valence-electron chi connectivity index (χ4n) is 3.80. The third-order valence-electron chi connectivity index (χ3n) is 5.54. The Balaban J connectivity index is 1.51. The third-order valence-corrected chi connectivity index (χ3v) is 7.09. The summed E-state index contributed by atoms with van der Waals surface area (Å²) in [5, 5.41) is 3.71. The van der Waals surface area contributed by atoms with Crippen LogP contribution in [0.25, 0.3) is 0 Å². The van der Waals surface area contributed by atoms with Gasteiger partial charge >= 0.3 is 0 Å². The molecular formula is C19H31N3O2S. The number of hydrogen-bond acceptors (Lipinski definition) is 3. The van der Waals surface area contributed by atoms with Gasteiger partial charge in [-0.3, -0.25) is 0 Å². The zero-order valence-corrected chi connectivity index (χ0v) is 16.0. The first-order chi connectivity index (χ1) is 12.0. The average molecular weight is 366 g/mol. The zero-order valence-electron chi connectivity index (χ0n) is 15.2. The molecule has 1 aromatic carbocycles. The van der Waals surface area contributed by atoms with Gasteiger partial charge in [0.1, 0.15) is 0 Å². The second kappa shape index (κ2) is 8.62. The van der Waals surface area contributed by atoms with Crippen molar-refractivity contribution in [2.75, 3.05) is 7.05 Å². The minimum atomic E-state index is -3.46. The summed E-state index contributed by atoms with van der Waals surface area (Å²) in [6.07, 6.45) is 9.69. The highest BCUT2D eigenvalue weighted by Gasteiger charge is 2.36. The summed E-state index contributed by atoms with van der Waals surface area (Å²) in [4.78, 5) is 0. The second-order valence-corrected chi connectivity index (χ2v) is 9.32. The zero-order chi connectivity index (χ0) is 17.7. The summed E-state index contributed by atoms with van der Waals surface area (Å²) in [5.74, 6) is 0. The molecule has 6 heteroatoms. The molecule has 0 bridgehead atoms. The van der Waals surface area contributed by atoms with Gasteiger partial charge in [0.2, 0.25) is 0 Å². The molecule has 0 saturated heterocycles. The van der Waals surface area contributed by atoms with Crippen molar-refractivity contribution < 1.29 is 8.42 Å². The Morgan fingerprint density at radius 3 is 2.20 bits per heavy atom. The summed E-state index contributed by atoms with van der Waals surface area (Å²) < 4.78 is 29.5. The van der Waals surface area contributed by atoms with Gasteiger partial charge in [-0.05, 0) is 31.2 Å². The van der Waals surface area contributed by atoms with E-state index < -0.39 is 10.2 Å². The standard InChI is InChI=1S/C19H31N3O2S/c1-22(15-16-9-5-4-6-10-16)25(23,24)21-19-14-13-18(19)20-17-11-7-2-3-8-12-17/h4-6,9-10,17-21H,2-3,7-8,11-15H2,1H3/t18-,19+/m0/s1. The summed E-state index contributed by atoms with van der Waals surface area (Å²) >= 11 is 0. The first kappa shape index (κ1) is 18.8. The first-order valence-corrected chi connectivity index (χ1v) is 11.0. The van der Waals surface area contributed by atoms with Crippen LogP contribution in [0.5, 0.6) is 0 Å². The molecule has 0 unspecified atom stereocenters. The fraction of sp³-hybridized carbons (Fsp3) is 0.684. The van der Waals surface area contributed by atoms with Gasteiger partial charge in [0.15, 0.2) is 0 Å². The lowest BCUT2D eigenvalue weighted by Crippen LogP contribution is -2.60. The molecule has 5 nitrogen and oxygen atoms in total. The van der Waals surface area contributed by atoms with Crippen molar-refractivity contribution in [2.45, 2.75) is 76.0 Å². The lowest BCUT2D eigenvalue weighted by molar-refractivity contribution is 0.231. The van der Waals surface area contributed by atoms with Gasteiger partial charge in [-0.2, -0.15) is 17.4 Å². The SMILES string of the molecule is CN(Cc1ccccc1)S(=O)(=O)N[C@@H]1CC[C@@H]1NC1CCCCCC1. The highest BCUT2D eigenvalue weighted by atomic mass is 32.2. The van der Waals surface area contributed by atoms with Crippen LogP contribution in [0.15, 0.2) is 30.3 Å². The molecular weight excluding hydrogens is 334 g/mol. The Labute approximate surface area is 152 Å². The van der Waals surface area contributed by atoms with Crippen molar-refractivity contribution >= 4 is 10.2 Å². The van der Waals surface area contributed by atoms with E-state index in [4.69, 9.17) is 0 Å². The van der Waals surface area contributed by atoms with Crippen molar-refractivity contribution in [1.29, 1.82) is 0 Å². The molecule has 2 saturated carbocycles. The Morgan fingerprint density at radius 2 is 1.60 bits per heavy atom. The van der Waals surface area contributed by atoms with Crippen molar-refractivity contribution in [3.8, 4) is 0 Å². The van der Waals surface area contributed by atoms with Crippen LogP contribution in [0.4, 0.5) is 0 Å². The van der Waals surface area contributed by atoms with Gasteiger partial charge < -0.3 is 5.32 Å². The van der Waals surface area contributed by atoms with E-state index in [1.54, 1.807) is 7.05 Å². The summed E-state index contributed by atoms with van der Waals surface area (Å²) in [6, 6.07) is 10.6. The lowest BCUT2D eigenvalue weighted by Gasteiger charge is -2.40. The Bertz CT molecular complexity index is 627. The predicted molar refractivity (Wildman–Crippen MR) is 101 cm³/mol. The molecule has 2 N–H and O–H groups in total. The maximum Gasteiger partial charge on any atom is 0.279 e. The van der Waals surface area contributed by atoms with E-state index in [2.05, 4.69) is 10.0 Å². The first-order valence-electron chi connectivity index (χ1n) is 9.58. The number of hydrogen-bond donors (Lipinski definition) is 2. The average Bonchev–Trinajstić information content (AvgIpc) is 2.86. The van der Waals surface area contributed by atoms with Gasteiger partial charge in [-0.25, -0.2) is 0 Å². The van der Waals surface area contributed by atoms with Crippen LogP contribution < -0.4 is 10.0 Å². The molecule has 0 aliphatic heterocycles. The minimum Gasteiger partial charge on any atom is -0.310 e. The molecule has 2 fully saturated rings. The maximum absolute atomic E-state index is 12.6. The molecule has 140 valence electrons. The van der Waals surface area contributed by atoms with E-state index in [1.807, 2.05) is 30.3 Å². The van der Waals surface area contributed by atoms with Crippen LogP contribution in [-0.2, 0) is 16.8 Å². The van der Waals surface area contributed by atoms with Crippen LogP contribution in [0.3, 0.4) is 0 Å². The van der Waals surface area contributed by atoms with E-state index in [1.165, 1.54) is 42.8 Å². The maximum atomic E-state index is 12.6. The van der Waals surface area contributed by atoms with E-state index in [0.717, 1.165) is 18.4 Å². The van der Waals surface area contributed by atoms with Crippen molar-refractivity contribution in [3.05, 3.63) is 35.9 Å². The second-order valence-electron chi connectivity index (χ2n) is 7.51. The van der Waals surface area contributed by atoms with Gasteiger partial charge in [0.05, 0.1) is 0 Å². The topological polar surface area (TPSA) is 61.4 Å². The highest BCUT2D eigenvalue weighted by Crippen LogP contribution is 2.25. The van der Waals surface area contributed by atoms with E-state index in [-0.39, 0.29) is 12.1 Å². The lowest BCUT2D eigenvalue weighted by atomic mass is 9.86. The Morgan fingerprint density at radius 1 is 0.960 bits per heavy atom. The van der Waals surface area contributed by atoms with Crippen LogP contribution in [-0.4, -0.2) is 37.9 Å². The van der Waals surface area contributed by atoms with E-state index in [9.17, 15) is 8.42 Å². The molecule has 3 rings (SSSR count). The molecule has 2 aliphatic carbocycles. The van der Waals surface area contributed by atoms with Crippen LogP contribution >= 0.6 is 0 Å². The summed E-state index contributed by atoms with van der Waals surface area (Å²) in [5.41, 5.74) is 0.997. The van der Waals surface area contributed by atoms with Gasteiger partial charge in [-0.1, -0.05) is 56.0 Å². The molecule has 25 heavy (non-hydrogen) atoms. The van der Waals surface area contributed by atoms with E-state index in [0.29, 0.717) is 12.6 Å². The van der Waals surface area contributed by atoms with Crippen LogP contribution in [0, 0.1) is 0 Å². The number of nitrogens with one attached hydrogen (secondary N) is 2. The predicted octanol–water partition coefficient (Wildman–Crippen LogP) is 2.80. The fourth-order valence-corrected chi connectivity index (χ4v) is 4.96. The minimum absolute atomic E-state index is 0.0199. The number of nitrogens with zero attached hydrogens (tertiary/aromatic N) is 1. The van der Waals surface area contributed by atoms with E-state index >= 15 is 0 Å². The normalized spacial score (nSPS) is 25.5. The molecule has 1 aromatic rings. The van der Waals surface area contributed by atoms with Gasteiger partial charge in [-0.15, -0.1) is 0 Å². The third kappa shape index (κ3) is 5.26. The van der Waals surface area contributed by atoms with Crippen molar-refractivity contribution in [3.63, 3.8) is 0 Å². The molecule has 0 radical (unpaired) electrons. The van der Waals surface area contributed by atoms with Gasteiger partial charge in [0.25, 0.3) is 10.2 Å². The quantitative estimate of drug-likeness (QED) is 0.731. The smallest absolute Gasteiger partial charge is 0.279 e. The summed E-state index contributed by atoms with van der Waals surface area (Å²) in [6.45, 7) is 0.392. The highest BCUT2D eigenvalue weighted by molar-refractivity contribution is 7.87. The Hall–Kier alpha value is -0.950. The molecule has 2 atom stereocenters.